The molecule has 0 saturated heterocycles. The van der Waals surface area contributed by atoms with Crippen LogP contribution >= 0.6 is 0 Å². The predicted octanol–water partition coefficient (Wildman–Crippen LogP) is 4.06. The summed E-state index contributed by atoms with van der Waals surface area (Å²) in [5, 5.41) is 5.48. The van der Waals surface area contributed by atoms with E-state index in [-0.39, 0.29) is 22.4 Å². The molecule has 0 unspecified atom stereocenters. The number of nitrogens with zero attached hydrogens (tertiary/aromatic N) is 1. The third-order valence-corrected chi connectivity index (χ3v) is 6.71. The van der Waals surface area contributed by atoms with Crippen molar-refractivity contribution in [2.45, 2.75) is 31.7 Å². The fourth-order valence-electron chi connectivity index (χ4n) is 3.36. The molecule has 35 heavy (non-hydrogen) atoms. The van der Waals surface area contributed by atoms with Crippen LogP contribution in [0.25, 0.3) is 0 Å². The highest BCUT2D eigenvalue weighted by Gasteiger charge is 2.27. The Morgan fingerprint density at radius 2 is 1.54 bits per heavy atom. The number of anilines is 2. The maximum atomic E-state index is 13.5. The first-order valence-corrected chi connectivity index (χ1v) is 12.7. The minimum atomic E-state index is -4.08. The number of amides is 2. The van der Waals surface area contributed by atoms with E-state index in [1.807, 2.05) is 20.8 Å². The molecule has 0 saturated carbocycles. The second-order valence-electron chi connectivity index (χ2n) is 7.97. The first-order chi connectivity index (χ1) is 16.7. The molecule has 3 rings (SSSR count). The summed E-state index contributed by atoms with van der Waals surface area (Å²) in [5.74, 6) is -0.377. The van der Waals surface area contributed by atoms with Crippen molar-refractivity contribution in [2.75, 3.05) is 22.8 Å². The molecule has 0 fully saturated rings. The SMILES string of the molecule is CCOc1ccc(S(=O)(=O)N(CC(=O)Nc2ccccc2C(=O)NC(C)C)c2ccccc2)cc1. The van der Waals surface area contributed by atoms with Crippen molar-refractivity contribution in [3.63, 3.8) is 0 Å². The summed E-state index contributed by atoms with van der Waals surface area (Å²) in [5.41, 5.74) is 0.916. The van der Waals surface area contributed by atoms with E-state index >= 15 is 0 Å². The second kappa shape index (κ2) is 11.5. The van der Waals surface area contributed by atoms with Crippen LogP contribution < -0.4 is 19.7 Å². The van der Waals surface area contributed by atoms with Crippen molar-refractivity contribution in [3.8, 4) is 5.75 Å². The Hall–Kier alpha value is -3.85. The molecule has 0 aliphatic heterocycles. The lowest BCUT2D eigenvalue weighted by Crippen LogP contribution is -2.38. The summed E-state index contributed by atoms with van der Waals surface area (Å²) in [6.07, 6.45) is 0. The molecule has 0 bridgehead atoms. The van der Waals surface area contributed by atoms with Gasteiger partial charge in [0.25, 0.3) is 15.9 Å². The van der Waals surface area contributed by atoms with Gasteiger partial charge in [0.1, 0.15) is 12.3 Å². The lowest BCUT2D eigenvalue weighted by Gasteiger charge is -2.24. The molecule has 0 radical (unpaired) electrons. The van der Waals surface area contributed by atoms with Gasteiger partial charge in [-0.3, -0.25) is 13.9 Å². The van der Waals surface area contributed by atoms with E-state index in [1.165, 1.54) is 12.1 Å². The van der Waals surface area contributed by atoms with Gasteiger partial charge in [0, 0.05) is 6.04 Å². The first-order valence-electron chi connectivity index (χ1n) is 11.2. The monoisotopic (exact) mass is 495 g/mol. The van der Waals surface area contributed by atoms with E-state index in [0.717, 1.165) is 4.31 Å². The number of benzene rings is 3. The Bertz CT molecular complexity index is 1260. The minimum Gasteiger partial charge on any atom is -0.494 e. The Morgan fingerprint density at radius 1 is 0.914 bits per heavy atom. The van der Waals surface area contributed by atoms with Crippen LogP contribution in [0.3, 0.4) is 0 Å². The predicted molar refractivity (Wildman–Crippen MR) is 136 cm³/mol. The summed E-state index contributed by atoms with van der Waals surface area (Å²) in [6, 6.07) is 20.9. The van der Waals surface area contributed by atoms with E-state index in [1.54, 1.807) is 66.7 Å². The molecular formula is C26H29N3O5S. The number of ether oxygens (including phenoxy) is 1. The first kappa shape index (κ1) is 25.8. The van der Waals surface area contributed by atoms with Gasteiger partial charge in [0.05, 0.1) is 28.4 Å². The van der Waals surface area contributed by atoms with Crippen LogP contribution in [-0.2, 0) is 14.8 Å². The van der Waals surface area contributed by atoms with Gasteiger partial charge < -0.3 is 15.4 Å². The number of hydrogen-bond donors (Lipinski definition) is 2. The van der Waals surface area contributed by atoms with Crippen LogP contribution in [-0.4, -0.2) is 39.4 Å². The van der Waals surface area contributed by atoms with E-state index in [4.69, 9.17) is 4.74 Å². The number of hydrogen-bond acceptors (Lipinski definition) is 5. The quantitative estimate of drug-likeness (QED) is 0.441. The molecule has 0 spiro atoms. The molecule has 184 valence electrons. The van der Waals surface area contributed by atoms with Gasteiger partial charge >= 0.3 is 0 Å². The average molecular weight is 496 g/mol. The van der Waals surface area contributed by atoms with E-state index in [0.29, 0.717) is 23.7 Å². The third kappa shape index (κ3) is 6.60. The largest absolute Gasteiger partial charge is 0.494 e. The third-order valence-electron chi connectivity index (χ3n) is 4.92. The molecule has 3 aromatic rings. The summed E-state index contributed by atoms with van der Waals surface area (Å²) in [7, 11) is -4.08. The Kier molecular flexibility index (Phi) is 8.48. The Labute approximate surface area is 206 Å². The molecule has 3 aromatic carbocycles. The fourth-order valence-corrected chi connectivity index (χ4v) is 4.78. The molecule has 9 heteroatoms. The number of nitrogens with one attached hydrogen (secondary N) is 2. The van der Waals surface area contributed by atoms with Crippen LogP contribution in [0.1, 0.15) is 31.1 Å². The van der Waals surface area contributed by atoms with Gasteiger partial charge in [-0.1, -0.05) is 30.3 Å². The highest BCUT2D eigenvalue weighted by Crippen LogP contribution is 2.25. The van der Waals surface area contributed by atoms with Crippen molar-refractivity contribution in [1.82, 2.24) is 5.32 Å². The molecule has 0 heterocycles. The summed E-state index contributed by atoms with van der Waals surface area (Å²) in [6.45, 7) is 5.48. The molecule has 0 aliphatic carbocycles. The average Bonchev–Trinajstić information content (AvgIpc) is 2.83. The van der Waals surface area contributed by atoms with E-state index < -0.39 is 22.5 Å². The number of sulfonamides is 1. The normalized spacial score (nSPS) is 11.1. The lowest BCUT2D eigenvalue weighted by molar-refractivity contribution is -0.114. The molecule has 0 aliphatic rings. The minimum absolute atomic E-state index is 0.0225. The van der Waals surface area contributed by atoms with Gasteiger partial charge in [-0.15, -0.1) is 0 Å². The molecule has 2 amide bonds. The number of carbonyl (C=O) groups excluding carboxylic acids is 2. The Balaban J connectivity index is 1.89. The van der Waals surface area contributed by atoms with Crippen LogP contribution in [0.4, 0.5) is 11.4 Å². The number of rotatable bonds is 10. The van der Waals surface area contributed by atoms with E-state index in [9.17, 15) is 18.0 Å². The van der Waals surface area contributed by atoms with Gasteiger partial charge in [0.15, 0.2) is 0 Å². The smallest absolute Gasteiger partial charge is 0.264 e. The lowest BCUT2D eigenvalue weighted by atomic mass is 10.1. The van der Waals surface area contributed by atoms with Crippen LogP contribution in [0.2, 0.25) is 0 Å². The van der Waals surface area contributed by atoms with Crippen LogP contribution in [0, 0.1) is 0 Å². The molecule has 0 atom stereocenters. The van der Waals surface area contributed by atoms with Gasteiger partial charge in [-0.25, -0.2) is 8.42 Å². The zero-order valence-corrected chi connectivity index (χ0v) is 20.7. The van der Waals surface area contributed by atoms with Crippen molar-refractivity contribution in [1.29, 1.82) is 0 Å². The second-order valence-corrected chi connectivity index (χ2v) is 9.84. The summed E-state index contributed by atoms with van der Waals surface area (Å²) < 4.78 is 33.5. The highest BCUT2D eigenvalue weighted by atomic mass is 32.2. The zero-order chi connectivity index (χ0) is 25.4. The van der Waals surface area contributed by atoms with Crippen LogP contribution in [0.5, 0.6) is 5.75 Å². The molecule has 2 N–H and O–H groups in total. The summed E-state index contributed by atoms with van der Waals surface area (Å²) in [4.78, 5) is 25.6. The maximum Gasteiger partial charge on any atom is 0.264 e. The van der Waals surface area contributed by atoms with Crippen molar-refractivity contribution < 1.29 is 22.7 Å². The van der Waals surface area contributed by atoms with Crippen molar-refractivity contribution in [3.05, 3.63) is 84.4 Å². The summed E-state index contributed by atoms with van der Waals surface area (Å²) >= 11 is 0. The zero-order valence-electron chi connectivity index (χ0n) is 19.9. The molecule has 8 nitrogen and oxygen atoms in total. The molecular weight excluding hydrogens is 466 g/mol. The highest BCUT2D eigenvalue weighted by molar-refractivity contribution is 7.92. The number of carbonyl (C=O) groups is 2. The maximum absolute atomic E-state index is 13.5. The van der Waals surface area contributed by atoms with Crippen molar-refractivity contribution >= 4 is 33.2 Å². The van der Waals surface area contributed by atoms with E-state index in [2.05, 4.69) is 10.6 Å². The van der Waals surface area contributed by atoms with Gasteiger partial charge in [0.2, 0.25) is 5.91 Å². The topological polar surface area (TPSA) is 105 Å². The standard InChI is InChI=1S/C26H29N3O5S/c1-4-34-21-14-16-22(17-15-21)35(32,33)29(20-10-6-5-7-11-20)18-25(30)28-24-13-9-8-12-23(24)26(31)27-19(2)3/h5-17,19H,4,18H2,1-3H3,(H,27,31)(H,28,30). The van der Waals surface area contributed by atoms with Gasteiger partial charge in [-0.2, -0.15) is 0 Å². The van der Waals surface area contributed by atoms with Gasteiger partial charge in [-0.05, 0) is 69.3 Å². The Morgan fingerprint density at radius 3 is 2.17 bits per heavy atom. The number of para-hydroxylation sites is 2. The molecule has 0 aromatic heterocycles. The fraction of sp³-hybridized carbons (Fsp3) is 0.231. The van der Waals surface area contributed by atoms with Crippen LogP contribution in [0.15, 0.2) is 83.8 Å². The van der Waals surface area contributed by atoms with Crippen molar-refractivity contribution in [2.24, 2.45) is 0 Å².